The summed E-state index contributed by atoms with van der Waals surface area (Å²) in [6.45, 7) is 1.31. The van der Waals surface area contributed by atoms with Crippen molar-refractivity contribution in [1.29, 1.82) is 0 Å². The van der Waals surface area contributed by atoms with Crippen LogP contribution in [-0.2, 0) is 14.8 Å². The van der Waals surface area contributed by atoms with E-state index >= 15 is 0 Å². The van der Waals surface area contributed by atoms with Crippen molar-refractivity contribution in [3.63, 3.8) is 0 Å². The second-order valence-electron chi connectivity index (χ2n) is 2.25. The van der Waals surface area contributed by atoms with Gasteiger partial charge in [0.25, 0.3) is 0 Å². The highest BCUT2D eigenvalue weighted by Crippen LogP contribution is 2.01. The van der Waals surface area contributed by atoms with Gasteiger partial charge in [0, 0.05) is 13.6 Å². The lowest BCUT2D eigenvalue weighted by atomic mass is 10.7. The van der Waals surface area contributed by atoms with Crippen LogP contribution < -0.4 is 0 Å². The number of rotatable bonds is 0. The topological polar surface area (TPSA) is 46.6 Å². The smallest absolute Gasteiger partial charge is 0.216 e. The van der Waals surface area contributed by atoms with E-state index in [9.17, 15) is 8.42 Å². The maximum Gasteiger partial charge on any atom is 0.216 e. The second-order valence-corrected chi connectivity index (χ2v) is 4.45. The van der Waals surface area contributed by atoms with E-state index in [1.54, 1.807) is 7.05 Å². The Hall–Kier alpha value is -0.130. The molecule has 1 rings (SSSR count). The number of likely N-dealkylation sites (N-methyl/N-ethyl adjacent to an activating group) is 1. The largest absolute Gasteiger partial charge is 0.379 e. The van der Waals surface area contributed by atoms with E-state index in [0.717, 1.165) is 0 Å². The van der Waals surface area contributed by atoms with Crippen LogP contribution in [0.2, 0.25) is 0 Å². The maximum atomic E-state index is 11.0. The minimum atomic E-state index is -2.99. The zero-order valence-electron chi connectivity index (χ0n) is 5.91. The monoisotopic (exact) mass is 165 g/mol. The van der Waals surface area contributed by atoms with Gasteiger partial charge in [0.1, 0.15) is 0 Å². The first-order valence-electron chi connectivity index (χ1n) is 3.15. The summed E-state index contributed by atoms with van der Waals surface area (Å²) < 4.78 is 28.4. The van der Waals surface area contributed by atoms with Crippen LogP contribution in [0, 0.1) is 0 Å². The molecule has 0 aromatic rings. The van der Waals surface area contributed by atoms with Crippen molar-refractivity contribution >= 4 is 10.0 Å². The second kappa shape index (κ2) is 2.86. The van der Waals surface area contributed by atoms with E-state index in [1.807, 2.05) is 0 Å². The third-order valence-corrected chi connectivity index (χ3v) is 3.33. The first kappa shape index (κ1) is 7.97. The lowest BCUT2D eigenvalue weighted by Crippen LogP contribution is -2.29. The molecule has 0 saturated carbocycles. The van der Waals surface area contributed by atoms with Gasteiger partial charge in [0.2, 0.25) is 10.0 Å². The molecule has 0 amide bonds. The maximum absolute atomic E-state index is 11.0. The van der Waals surface area contributed by atoms with Gasteiger partial charge in [0.05, 0.1) is 19.0 Å². The van der Waals surface area contributed by atoms with Crippen LogP contribution >= 0.6 is 0 Å². The molecule has 60 valence electrons. The van der Waals surface area contributed by atoms with Crippen LogP contribution in [0.15, 0.2) is 0 Å². The lowest BCUT2D eigenvalue weighted by molar-refractivity contribution is 0.150. The van der Waals surface area contributed by atoms with Gasteiger partial charge in [-0.25, -0.2) is 12.7 Å². The molecule has 10 heavy (non-hydrogen) atoms. The number of sulfonamides is 1. The third kappa shape index (κ3) is 1.68. The third-order valence-electron chi connectivity index (χ3n) is 1.51. The zero-order valence-corrected chi connectivity index (χ0v) is 6.73. The number of nitrogens with zero attached hydrogens (tertiary/aromatic N) is 1. The normalized spacial score (nSPS) is 27.7. The molecule has 0 radical (unpaired) electrons. The van der Waals surface area contributed by atoms with Crippen molar-refractivity contribution in [3.8, 4) is 0 Å². The molecule has 5 heteroatoms. The molecule has 1 heterocycles. The van der Waals surface area contributed by atoms with Crippen molar-refractivity contribution in [3.05, 3.63) is 0 Å². The van der Waals surface area contributed by atoms with E-state index in [1.165, 1.54) is 4.31 Å². The zero-order chi connectivity index (χ0) is 7.61. The van der Waals surface area contributed by atoms with E-state index in [4.69, 9.17) is 4.74 Å². The van der Waals surface area contributed by atoms with Gasteiger partial charge >= 0.3 is 0 Å². The summed E-state index contributed by atoms with van der Waals surface area (Å²) in [4.78, 5) is 0. The standard InChI is InChI=1S/C5H11NO3S/c1-6-2-3-9-4-5-10(6,7)8/h2-5H2,1H3. The van der Waals surface area contributed by atoms with Crippen LogP contribution in [0.4, 0.5) is 0 Å². The van der Waals surface area contributed by atoms with Gasteiger partial charge < -0.3 is 4.74 Å². The van der Waals surface area contributed by atoms with E-state index in [0.29, 0.717) is 19.8 Å². The fourth-order valence-electron chi connectivity index (χ4n) is 0.754. The minimum absolute atomic E-state index is 0.115. The predicted molar refractivity (Wildman–Crippen MR) is 37.2 cm³/mol. The van der Waals surface area contributed by atoms with Gasteiger partial charge in [-0.15, -0.1) is 0 Å². The van der Waals surface area contributed by atoms with E-state index in [2.05, 4.69) is 0 Å². The Morgan fingerprint density at radius 3 is 2.80 bits per heavy atom. The highest BCUT2D eigenvalue weighted by Gasteiger charge is 2.19. The molecule has 0 aromatic carbocycles. The van der Waals surface area contributed by atoms with Crippen LogP contribution in [0.25, 0.3) is 0 Å². The summed E-state index contributed by atoms with van der Waals surface area (Å²) in [6, 6.07) is 0. The quantitative estimate of drug-likeness (QED) is 0.476. The summed E-state index contributed by atoms with van der Waals surface area (Å²) in [5.74, 6) is 0.115. The van der Waals surface area contributed by atoms with Gasteiger partial charge in [-0.05, 0) is 0 Å². The lowest BCUT2D eigenvalue weighted by Gasteiger charge is -2.10. The molecule has 0 spiro atoms. The molecule has 1 fully saturated rings. The minimum Gasteiger partial charge on any atom is -0.379 e. The molecule has 0 aliphatic carbocycles. The van der Waals surface area contributed by atoms with Gasteiger partial charge in [0.15, 0.2) is 0 Å². The molecular weight excluding hydrogens is 154 g/mol. The van der Waals surface area contributed by atoms with Crippen molar-refractivity contribution in [2.75, 3.05) is 32.6 Å². The Morgan fingerprint density at radius 2 is 2.10 bits per heavy atom. The Morgan fingerprint density at radius 1 is 1.40 bits per heavy atom. The first-order valence-corrected chi connectivity index (χ1v) is 4.75. The fraction of sp³-hybridized carbons (Fsp3) is 1.00. The molecule has 1 aliphatic heterocycles. The molecule has 0 N–H and O–H groups in total. The summed E-state index contributed by atoms with van der Waals surface area (Å²) in [5.41, 5.74) is 0. The van der Waals surface area contributed by atoms with Crippen LogP contribution in [0.3, 0.4) is 0 Å². The summed E-state index contributed by atoms with van der Waals surface area (Å²) in [6.07, 6.45) is 0. The summed E-state index contributed by atoms with van der Waals surface area (Å²) >= 11 is 0. The van der Waals surface area contributed by atoms with Crippen LogP contribution in [-0.4, -0.2) is 45.3 Å². The van der Waals surface area contributed by atoms with Crippen LogP contribution in [0.5, 0.6) is 0 Å². The Labute approximate surface area is 60.8 Å². The summed E-state index contributed by atoms with van der Waals surface area (Å²) in [7, 11) is -1.42. The number of hydrogen-bond donors (Lipinski definition) is 0. The number of ether oxygens (including phenoxy) is 1. The van der Waals surface area contributed by atoms with Gasteiger partial charge in [-0.2, -0.15) is 0 Å². The SMILES string of the molecule is CN1CCOCCS1(=O)=O. The highest BCUT2D eigenvalue weighted by atomic mass is 32.2. The van der Waals surface area contributed by atoms with Crippen molar-refractivity contribution < 1.29 is 13.2 Å². The Bertz CT molecular complexity index is 199. The Kier molecular flexibility index (Phi) is 2.28. The number of hydrogen-bond acceptors (Lipinski definition) is 3. The Balaban J connectivity index is 2.71. The molecule has 4 nitrogen and oxygen atoms in total. The van der Waals surface area contributed by atoms with E-state index in [-0.39, 0.29) is 5.75 Å². The molecule has 1 aliphatic rings. The van der Waals surface area contributed by atoms with Crippen molar-refractivity contribution in [1.82, 2.24) is 4.31 Å². The predicted octanol–water partition coefficient (Wildman–Crippen LogP) is -0.722. The molecule has 0 bridgehead atoms. The molecule has 1 saturated heterocycles. The molecular formula is C5H11NO3S. The van der Waals surface area contributed by atoms with Crippen molar-refractivity contribution in [2.24, 2.45) is 0 Å². The van der Waals surface area contributed by atoms with Crippen molar-refractivity contribution in [2.45, 2.75) is 0 Å². The fourth-order valence-corrected chi connectivity index (χ4v) is 1.75. The average molecular weight is 165 g/mol. The molecule has 0 atom stereocenters. The molecule has 0 unspecified atom stereocenters. The van der Waals surface area contributed by atoms with E-state index < -0.39 is 10.0 Å². The van der Waals surface area contributed by atoms with Gasteiger partial charge in [-0.3, -0.25) is 0 Å². The highest BCUT2D eigenvalue weighted by molar-refractivity contribution is 7.89. The van der Waals surface area contributed by atoms with Crippen LogP contribution in [0.1, 0.15) is 0 Å². The molecule has 0 aromatic heterocycles. The summed E-state index contributed by atoms with van der Waals surface area (Å²) in [5, 5.41) is 0. The van der Waals surface area contributed by atoms with Gasteiger partial charge in [-0.1, -0.05) is 0 Å². The average Bonchev–Trinajstić information content (AvgIpc) is 1.96. The first-order chi connectivity index (χ1) is 4.63.